The summed E-state index contributed by atoms with van der Waals surface area (Å²) in [5, 5.41) is 2.23. The zero-order valence-corrected chi connectivity index (χ0v) is 19.0. The second kappa shape index (κ2) is 9.71. The fraction of sp³-hybridized carbons (Fsp3) is 0.400. The molecule has 0 radical (unpaired) electrons. The molecular formula is C25H25F2N3O5. The van der Waals surface area contributed by atoms with Crippen molar-refractivity contribution in [1.82, 2.24) is 15.1 Å². The van der Waals surface area contributed by atoms with Gasteiger partial charge in [-0.15, -0.1) is 0 Å². The normalized spacial score (nSPS) is 20.7. The Labute approximate surface area is 200 Å². The number of amides is 3. The Hall–Kier alpha value is -3.37. The summed E-state index contributed by atoms with van der Waals surface area (Å²) in [6.45, 7) is 3.43. The largest absolute Gasteiger partial charge is 0.488 e. The molecule has 0 bridgehead atoms. The summed E-state index contributed by atoms with van der Waals surface area (Å²) in [6.07, 6.45) is 0.320. The second-order valence-electron chi connectivity index (χ2n) is 8.93. The maximum atomic E-state index is 14.8. The van der Waals surface area contributed by atoms with Crippen LogP contribution in [0.1, 0.15) is 39.9 Å². The molecule has 3 aliphatic heterocycles. The van der Waals surface area contributed by atoms with Gasteiger partial charge in [0.05, 0.1) is 25.3 Å². The highest BCUT2D eigenvalue weighted by molar-refractivity contribution is 6.05. The zero-order chi connectivity index (χ0) is 24.5. The maximum Gasteiger partial charge on any atom is 0.255 e. The number of carbonyl (C=O) groups is 3. The average Bonchev–Trinajstić information content (AvgIpc) is 3.15. The van der Waals surface area contributed by atoms with E-state index < -0.39 is 29.5 Å². The number of nitrogens with zero attached hydrogens (tertiary/aromatic N) is 2. The molecule has 2 saturated heterocycles. The quantitative estimate of drug-likeness (QED) is 0.631. The van der Waals surface area contributed by atoms with Crippen LogP contribution in [0.25, 0.3) is 0 Å². The van der Waals surface area contributed by atoms with Gasteiger partial charge < -0.3 is 14.4 Å². The van der Waals surface area contributed by atoms with Crippen LogP contribution in [0.4, 0.5) is 8.78 Å². The fourth-order valence-corrected chi connectivity index (χ4v) is 4.70. The van der Waals surface area contributed by atoms with Crippen molar-refractivity contribution >= 4 is 17.7 Å². The van der Waals surface area contributed by atoms with E-state index in [1.165, 1.54) is 11.0 Å². The van der Waals surface area contributed by atoms with E-state index in [-0.39, 0.29) is 43.2 Å². The van der Waals surface area contributed by atoms with Crippen molar-refractivity contribution in [1.29, 1.82) is 0 Å². The van der Waals surface area contributed by atoms with Crippen molar-refractivity contribution in [3.63, 3.8) is 0 Å². The average molecular weight is 485 g/mol. The Morgan fingerprint density at radius 3 is 2.63 bits per heavy atom. The highest BCUT2D eigenvalue weighted by Gasteiger charge is 2.40. The van der Waals surface area contributed by atoms with Gasteiger partial charge in [0.15, 0.2) is 0 Å². The minimum atomic E-state index is -0.819. The first-order valence-corrected chi connectivity index (χ1v) is 11.6. The monoisotopic (exact) mass is 485 g/mol. The third kappa shape index (κ3) is 4.89. The Balaban J connectivity index is 1.29. The lowest BCUT2D eigenvalue weighted by Gasteiger charge is -2.29. The van der Waals surface area contributed by atoms with Gasteiger partial charge in [-0.3, -0.25) is 24.6 Å². The number of benzene rings is 2. The number of ether oxygens (including phenoxy) is 2. The molecule has 5 rings (SSSR count). The third-order valence-electron chi connectivity index (χ3n) is 6.59. The van der Waals surface area contributed by atoms with Crippen molar-refractivity contribution in [3.05, 3.63) is 64.2 Å². The van der Waals surface area contributed by atoms with E-state index in [0.717, 1.165) is 30.8 Å². The molecule has 0 unspecified atom stereocenters. The molecule has 0 aromatic heterocycles. The number of halogens is 2. The van der Waals surface area contributed by atoms with E-state index in [2.05, 4.69) is 10.2 Å². The number of morpholine rings is 1. The summed E-state index contributed by atoms with van der Waals surface area (Å²) >= 11 is 0. The van der Waals surface area contributed by atoms with Crippen LogP contribution in [-0.2, 0) is 34.0 Å². The highest BCUT2D eigenvalue weighted by Crippen LogP contribution is 2.35. The van der Waals surface area contributed by atoms with Gasteiger partial charge in [0.1, 0.15) is 30.0 Å². The number of hydrogen-bond donors (Lipinski definition) is 1. The zero-order valence-electron chi connectivity index (χ0n) is 19.0. The summed E-state index contributed by atoms with van der Waals surface area (Å²) in [4.78, 5) is 40.2. The molecule has 1 atom stereocenters. The van der Waals surface area contributed by atoms with Gasteiger partial charge in [-0.2, -0.15) is 0 Å². The predicted molar refractivity (Wildman–Crippen MR) is 119 cm³/mol. The molecule has 3 heterocycles. The van der Waals surface area contributed by atoms with Gasteiger partial charge in [-0.05, 0) is 24.1 Å². The lowest BCUT2D eigenvalue weighted by Crippen LogP contribution is -2.52. The fourth-order valence-electron chi connectivity index (χ4n) is 4.70. The lowest BCUT2D eigenvalue weighted by atomic mass is 10.0. The van der Waals surface area contributed by atoms with Crippen LogP contribution in [0.15, 0.2) is 30.3 Å². The SMILES string of the molecule is O=C1CC[C@H](N2Cc3c(OCc4ccc(CN5CCOCC5)cc4F)cc(F)cc3C2=O)C(=O)N1. The van der Waals surface area contributed by atoms with E-state index in [1.54, 1.807) is 6.07 Å². The number of hydrogen-bond acceptors (Lipinski definition) is 6. The van der Waals surface area contributed by atoms with Gasteiger partial charge in [-0.1, -0.05) is 12.1 Å². The Kier molecular flexibility index (Phi) is 6.48. The summed E-state index contributed by atoms with van der Waals surface area (Å²) in [7, 11) is 0. The molecule has 0 saturated carbocycles. The van der Waals surface area contributed by atoms with Gasteiger partial charge in [0, 0.05) is 43.2 Å². The summed E-state index contributed by atoms with van der Waals surface area (Å²) in [5.41, 5.74) is 1.68. The molecule has 2 aromatic carbocycles. The molecule has 3 aliphatic rings. The number of imide groups is 1. The number of nitrogens with one attached hydrogen (secondary N) is 1. The number of piperidine rings is 1. The molecule has 35 heavy (non-hydrogen) atoms. The van der Waals surface area contributed by atoms with Crippen LogP contribution in [0.5, 0.6) is 5.75 Å². The van der Waals surface area contributed by atoms with E-state index in [4.69, 9.17) is 9.47 Å². The Bertz CT molecular complexity index is 1180. The summed E-state index contributed by atoms with van der Waals surface area (Å²) < 4.78 is 40.2. The standard InChI is InChI=1S/C25H25F2N3O5/c26-17-10-18-19(13-30(25(18)33)21-3-4-23(31)28-24(21)32)22(11-17)35-14-16-2-1-15(9-20(16)27)12-29-5-7-34-8-6-29/h1-2,9-11,21H,3-8,12-14H2,(H,28,31,32)/t21-/m0/s1. The van der Waals surface area contributed by atoms with Crippen LogP contribution < -0.4 is 10.1 Å². The van der Waals surface area contributed by atoms with Crippen molar-refractivity contribution in [3.8, 4) is 5.75 Å². The maximum absolute atomic E-state index is 14.8. The van der Waals surface area contributed by atoms with Crippen molar-refractivity contribution < 1.29 is 32.6 Å². The molecule has 3 amide bonds. The molecule has 2 fully saturated rings. The number of fused-ring (bicyclic) bond motifs is 1. The van der Waals surface area contributed by atoms with Crippen molar-refractivity contribution in [2.75, 3.05) is 26.3 Å². The minimum absolute atomic E-state index is 0.0387. The second-order valence-corrected chi connectivity index (χ2v) is 8.93. The molecule has 10 heteroatoms. The minimum Gasteiger partial charge on any atom is -0.488 e. The van der Waals surface area contributed by atoms with E-state index in [9.17, 15) is 23.2 Å². The summed E-state index contributed by atoms with van der Waals surface area (Å²) in [5.74, 6) is -2.41. The van der Waals surface area contributed by atoms with Gasteiger partial charge >= 0.3 is 0 Å². The van der Waals surface area contributed by atoms with Crippen LogP contribution >= 0.6 is 0 Å². The highest BCUT2D eigenvalue weighted by atomic mass is 19.1. The molecule has 0 aliphatic carbocycles. The van der Waals surface area contributed by atoms with Crippen molar-refractivity contribution in [2.45, 2.75) is 38.6 Å². The molecule has 184 valence electrons. The van der Waals surface area contributed by atoms with Crippen LogP contribution in [0.2, 0.25) is 0 Å². The van der Waals surface area contributed by atoms with Gasteiger partial charge in [-0.25, -0.2) is 8.78 Å². The Morgan fingerprint density at radius 2 is 1.89 bits per heavy atom. The van der Waals surface area contributed by atoms with Crippen LogP contribution in [0.3, 0.4) is 0 Å². The van der Waals surface area contributed by atoms with Gasteiger partial charge in [0.25, 0.3) is 5.91 Å². The Morgan fingerprint density at radius 1 is 1.09 bits per heavy atom. The first-order chi connectivity index (χ1) is 16.9. The third-order valence-corrected chi connectivity index (χ3v) is 6.59. The summed E-state index contributed by atoms with van der Waals surface area (Å²) in [6, 6.07) is 6.40. The van der Waals surface area contributed by atoms with Crippen molar-refractivity contribution in [2.24, 2.45) is 0 Å². The predicted octanol–water partition coefficient (Wildman–Crippen LogP) is 2.14. The molecule has 8 nitrogen and oxygen atoms in total. The van der Waals surface area contributed by atoms with E-state index >= 15 is 0 Å². The van der Waals surface area contributed by atoms with Gasteiger partial charge in [0.2, 0.25) is 11.8 Å². The van der Waals surface area contributed by atoms with Crippen LogP contribution in [0, 0.1) is 11.6 Å². The number of rotatable bonds is 6. The lowest BCUT2D eigenvalue weighted by molar-refractivity contribution is -0.136. The topological polar surface area (TPSA) is 88.2 Å². The van der Waals surface area contributed by atoms with E-state index in [1.807, 2.05) is 6.07 Å². The molecule has 0 spiro atoms. The first-order valence-electron chi connectivity index (χ1n) is 11.6. The van der Waals surface area contributed by atoms with Crippen LogP contribution in [-0.4, -0.2) is 59.9 Å². The smallest absolute Gasteiger partial charge is 0.255 e. The number of carbonyl (C=O) groups excluding carboxylic acids is 3. The molecular weight excluding hydrogens is 460 g/mol. The van der Waals surface area contributed by atoms with E-state index in [0.29, 0.717) is 30.9 Å². The molecule has 1 N–H and O–H groups in total. The molecule has 2 aromatic rings. The first kappa shape index (κ1) is 23.4.